The van der Waals surface area contributed by atoms with Crippen LogP contribution in [0.5, 0.6) is 5.88 Å². The van der Waals surface area contributed by atoms with Crippen molar-refractivity contribution < 1.29 is 4.74 Å². The van der Waals surface area contributed by atoms with Gasteiger partial charge in [-0.3, -0.25) is 0 Å². The van der Waals surface area contributed by atoms with Crippen LogP contribution >= 0.6 is 11.6 Å². The normalized spacial score (nSPS) is 12.2. The van der Waals surface area contributed by atoms with Crippen LogP contribution in [-0.4, -0.2) is 23.6 Å². The first kappa shape index (κ1) is 15.7. The van der Waals surface area contributed by atoms with Gasteiger partial charge in [-0.05, 0) is 30.7 Å². The minimum atomic E-state index is 0.186. The Hall–Kier alpha value is -1.65. The third kappa shape index (κ3) is 4.16. The van der Waals surface area contributed by atoms with Crippen LogP contribution in [0.2, 0.25) is 5.02 Å². The highest BCUT2D eigenvalue weighted by atomic mass is 35.5. The van der Waals surface area contributed by atoms with Crippen LogP contribution in [0, 0.1) is 6.92 Å². The van der Waals surface area contributed by atoms with E-state index in [0.717, 1.165) is 29.2 Å². The molecule has 0 spiro atoms. The smallest absolute Gasteiger partial charge is 0.216 e. The summed E-state index contributed by atoms with van der Waals surface area (Å²) in [4.78, 5) is 8.36. The number of aryl methyl sites for hydroxylation is 1. The number of nitrogens with zero attached hydrogens (tertiary/aromatic N) is 2. The Balaban J connectivity index is 2.23. The lowest BCUT2D eigenvalue weighted by Crippen LogP contribution is -2.23. The molecule has 1 heterocycles. The number of hydrogen-bond donors (Lipinski definition) is 1. The average Bonchev–Trinajstić information content (AvgIpc) is 2.50. The molecule has 21 heavy (non-hydrogen) atoms. The van der Waals surface area contributed by atoms with Crippen molar-refractivity contribution in [3.8, 4) is 5.88 Å². The molecule has 112 valence electrons. The van der Waals surface area contributed by atoms with Crippen molar-refractivity contribution in [1.29, 1.82) is 0 Å². The van der Waals surface area contributed by atoms with Gasteiger partial charge in [-0.15, -0.1) is 0 Å². The van der Waals surface area contributed by atoms with Gasteiger partial charge in [-0.2, -0.15) is 0 Å². The van der Waals surface area contributed by atoms with Crippen LogP contribution in [0.1, 0.15) is 29.8 Å². The molecule has 0 aliphatic rings. The summed E-state index contributed by atoms with van der Waals surface area (Å²) in [6, 6.07) is 8.17. The Labute approximate surface area is 130 Å². The lowest BCUT2D eigenvalue weighted by molar-refractivity contribution is 0.395. The molecule has 0 saturated carbocycles. The number of likely N-dealkylation sites (N-methyl/N-ethyl adjacent to an activating group) is 1. The van der Waals surface area contributed by atoms with Crippen molar-refractivity contribution in [2.24, 2.45) is 0 Å². The van der Waals surface area contributed by atoms with Crippen molar-refractivity contribution in [1.82, 2.24) is 15.3 Å². The molecule has 2 rings (SSSR count). The van der Waals surface area contributed by atoms with Crippen LogP contribution in [-0.2, 0) is 6.42 Å². The van der Waals surface area contributed by atoms with Crippen molar-refractivity contribution in [2.75, 3.05) is 13.7 Å². The number of aromatic nitrogens is 2. The molecule has 0 fully saturated rings. The van der Waals surface area contributed by atoms with E-state index in [0.29, 0.717) is 5.88 Å². The molecule has 2 aromatic rings. The van der Waals surface area contributed by atoms with E-state index in [2.05, 4.69) is 34.3 Å². The zero-order chi connectivity index (χ0) is 15.2. The van der Waals surface area contributed by atoms with E-state index in [1.165, 1.54) is 11.9 Å². The molecular weight excluding hydrogens is 286 g/mol. The van der Waals surface area contributed by atoms with E-state index in [1.807, 2.05) is 19.1 Å². The molecule has 1 atom stereocenters. The van der Waals surface area contributed by atoms with E-state index >= 15 is 0 Å². The first-order valence-corrected chi connectivity index (χ1v) is 7.36. The molecule has 1 aromatic carbocycles. The molecule has 0 radical (unpaired) electrons. The molecule has 1 aromatic heterocycles. The summed E-state index contributed by atoms with van der Waals surface area (Å²) in [5.74, 6) is 0.586. The number of methoxy groups -OCH3 is 1. The second kappa shape index (κ2) is 7.38. The number of hydrogen-bond acceptors (Lipinski definition) is 4. The first-order chi connectivity index (χ1) is 10.1. The fourth-order valence-corrected chi connectivity index (χ4v) is 2.37. The van der Waals surface area contributed by atoms with E-state index in [4.69, 9.17) is 16.3 Å². The third-order valence-corrected chi connectivity index (χ3v) is 3.78. The van der Waals surface area contributed by atoms with Crippen molar-refractivity contribution in [2.45, 2.75) is 26.3 Å². The van der Waals surface area contributed by atoms with Crippen molar-refractivity contribution >= 4 is 11.6 Å². The van der Waals surface area contributed by atoms with Gasteiger partial charge in [0.05, 0.1) is 7.11 Å². The van der Waals surface area contributed by atoms with E-state index in [9.17, 15) is 0 Å². The van der Waals surface area contributed by atoms with E-state index < -0.39 is 0 Å². The molecule has 1 N–H and O–H groups in total. The fraction of sp³-hybridized carbons (Fsp3) is 0.375. The maximum atomic E-state index is 6.10. The Morgan fingerprint density at radius 1 is 1.29 bits per heavy atom. The number of rotatable bonds is 6. The van der Waals surface area contributed by atoms with Gasteiger partial charge in [0, 0.05) is 29.2 Å². The van der Waals surface area contributed by atoms with E-state index in [1.54, 1.807) is 7.11 Å². The number of benzene rings is 1. The Kier molecular flexibility index (Phi) is 5.53. The summed E-state index contributed by atoms with van der Waals surface area (Å²) in [5, 5.41) is 4.28. The third-order valence-electron chi connectivity index (χ3n) is 3.36. The summed E-state index contributed by atoms with van der Waals surface area (Å²) in [5.41, 5.74) is 3.23. The van der Waals surface area contributed by atoms with Gasteiger partial charge in [-0.1, -0.05) is 30.7 Å². The maximum Gasteiger partial charge on any atom is 0.216 e. The summed E-state index contributed by atoms with van der Waals surface area (Å²) in [7, 11) is 1.61. The summed E-state index contributed by atoms with van der Waals surface area (Å²) < 4.78 is 5.15. The van der Waals surface area contributed by atoms with Gasteiger partial charge in [0.15, 0.2) is 0 Å². The van der Waals surface area contributed by atoms with Crippen LogP contribution in [0.15, 0.2) is 30.6 Å². The highest BCUT2D eigenvalue weighted by molar-refractivity contribution is 6.31. The van der Waals surface area contributed by atoms with Crippen LogP contribution in [0.3, 0.4) is 0 Å². The minimum Gasteiger partial charge on any atom is -0.481 e. The Morgan fingerprint density at radius 3 is 2.76 bits per heavy atom. The Morgan fingerprint density at radius 2 is 2.10 bits per heavy atom. The lowest BCUT2D eigenvalue weighted by atomic mass is 10.00. The molecule has 0 aliphatic heterocycles. The van der Waals surface area contributed by atoms with Gasteiger partial charge in [0.1, 0.15) is 6.33 Å². The second-order valence-corrected chi connectivity index (χ2v) is 5.28. The minimum absolute atomic E-state index is 0.186. The molecule has 0 bridgehead atoms. The molecule has 5 heteroatoms. The second-order valence-electron chi connectivity index (χ2n) is 4.87. The SMILES string of the molecule is CCNC(Cc1cc(OC)ncn1)c1ccc(Cl)c(C)c1. The van der Waals surface area contributed by atoms with Crippen molar-refractivity contribution in [3.05, 3.63) is 52.4 Å². The van der Waals surface area contributed by atoms with E-state index in [-0.39, 0.29) is 6.04 Å². The van der Waals surface area contributed by atoms with Gasteiger partial charge in [0.25, 0.3) is 0 Å². The maximum absolute atomic E-state index is 6.10. The molecule has 1 unspecified atom stereocenters. The summed E-state index contributed by atoms with van der Waals surface area (Å²) in [6.45, 7) is 4.99. The predicted molar refractivity (Wildman–Crippen MR) is 84.9 cm³/mol. The van der Waals surface area contributed by atoms with Gasteiger partial charge >= 0.3 is 0 Å². The zero-order valence-corrected chi connectivity index (χ0v) is 13.3. The standard InChI is InChI=1S/C16H20ClN3O/c1-4-18-15(12-5-6-14(17)11(2)7-12)8-13-9-16(21-3)20-10-19-13/h5-7,9-10,15,18H,4,8H2,1-3H3. The molecule has 4 nitrogen and oxygen atoms in total. The summed E-state index contributed by atoms with van der Waals surface area (Å²) in [6.07, 6.45) is 2.30. The monoisotopic (exact) mass is 305 g/mol. The predicted octanol–water partition coefficient (Wildman–Crippen LogP) is 3.34. The first-order valence-electron chi connectivity index (χ1n) is 6.98. The summed E-state index contributed by atoms with van der Waals surface area (Å²) >= 11 is 6.10. The Bertz CT molecular complexity index is 604. The quantitative estimate of drug-likeness (QED) is 0.889. The molecule has 0 saturated heterocycles. The highest BCUT2D eigenvalue weighted by Gasteiger charge is 2.13. The van der Waals surface area contributed by atoms with Crippen LogP contribution in [0.4, 0.5) is 0 Å². The highest BCUT2D eigenvalue weighted by Crippen LogP contribution is 2.23. The van der Waals surface area contributed by atoms with Crippen LogP contribution in [0.25, 0.3) is 0 Å². The lowest BCUT2D eigenvalue weighted by Gasteiger charge is -2.19. The average molecular weight is 306 g/mol. The number of ether oxygens (including phenoxy) is 1. The van der Waals surface area contributed by atoms with Gasteiger partial charge < -0.3 is 10.1 Å². The van der Waals surface area contributed by atoms with Crippen LogP contribution < -0.4 is 10.1 Å². The number of halogens is 1. The largest absolute Gasteiger partial charge is 0.481 e. The topological polar surface area (TPSA) is 47.0 Å². The van der Waals surface area contributed by atoms with Gasteiger partial charge in [-0.25, -0.2) is 9.97 Å². The van der Waals surface area contributed by atoms with Gasteiger partial charge in [0.2, 0.25) is 5.88 Å². The molecule has 0 amide bonds. The zero-order valence-electron chi connectivity index (χ0n) is 12.6. The fourth-order valence-electron chi connectivity index (χ4n) is 2.25. The van der Waals surface area contributed by atoms with Crippen molar-refractivity contribution in [3.63, 3.8) is 0 Å². The number of nitrogens with one attached hydrogen (secondary N) is 1. The molecular formula is C16H20ClN3O. The molecule has 0 aliphatic carbocycles.